The molecule has 2 aromatic rings. The van der Waals surface area contributed by atoms with Gasteiger partial charge in [0.15, 0.2) is 0 Å². The van der Waals surface area contributed by atoms with Crippen LogP contribution in [0, 0.1) is 18.3 Å². The molecule has 0 aliphatic heterocycles. The highest BCUT2D eigenvalue weighted by atomic mass is 35.5. The van der Waals surface area contributed by atoms with Gasteiger partial charge in [0.2, 0.25) is 0 Å². The lowest BCUT2D eigenvalue weighted by atomic mass is 10.1. The Kier molecular flexibility index (Phi) is 1.75. The number of furan rings is 1. The van der Waals surface area contributed by atoms with E-state index in [1.807, 2.05) is 0 Å². The number of aryl methyl sites for hydroxylation is 1. The SMILES string of the molecule is Cc1oc2ccc(Cl)cc2c1C#N. The van der Waals surface area contributed by atoms with Gasteiger partial charge in [-0.05, 0) is 25.1 Å². The normalized spacial score (nSPS) is 10.2. The van der Waals surface area contributed by atoms with E-state index >= 15 is 0 Å². The third-order valence-electron chi connectivity index (χ3n) is 1.94. The molecule has 64 valence electrons. The predicted octanol–water partition coefficient (Wildman–Crippen LogP) is 3.27. The number of halogens is 1. The molecule has 0 bridgehead atoms. The van der Waals surface area contributed by atoms with Gasteiger partial charge in [0, 0.05) is 10.4 Å². The average molecular weight is 192 g/mol. The molecule has 0 aliphatic rings. The first-order chi connectivity index (χ1) is 6.22. The van der Waals surface area contributed by atoms with Crippen molar-refractivity contribution < 1.29 is 4.42 Å². The highest BCUT2D eigenvalue weighted by Gasteiger charge is 2.09. The van der Waals surface area contributed by atoms with Crippen molar-refractivity contribution in [3.8, 4) is 6.07 Å². The summed E-state index contributed by atoms with van der Waals surface area (Å²) < 4.78 is 5.36. The Balaban J connectivity index is 2.91. The van der Waals surface area contributed by atoms with Crippen LogP contribution in [0.4, 0.5) is 0 Å². The summed E-state index contributed by atoms with van der Waals surface area (Å²) in [5.41, 5.74) is 1.27. The maximum absolute atomic E-state index is 8.84. The zero-order chi connectivity index (χ0) is 9.42. The molecule has 0 saturated heterocycles. The Morgan fingerprint density at radius 3 is 2.92 bits per heavy atom. The van der Waals surface area contributed by atoms with Gasteiger partial charge < -0.3 is 4.42 Å². The Labute approximate surface area is 80.3 Å². The van der Waals surface area contributed by atoms with Gasteiger partial charge >= 0.3 is 0 Å². The minimum absolute atomic E-state index is 0.567. The van der Waals surface area contributed by atoms with E-state index in [-0.39, 0.29) is 0 Å². The largest absolute Gasteiger partial charge is 0.460 e. The predicted molar refractivity (Wildman–Crippen MR) is 50.7 cm³/mol. The van der Waals surface area contributed by atoms with Gasteiger partial charge in [0.25, 0.3) is 0 Å². The van der Waals surface area contributed by atoms with Crippen molar-refractivity contribution in [1.29, 1.82) is 5.26 Å². The van der Waals surface area contributed by atoms with E-state index in [9.17, 15) is 0 Å². The Morgan fingerprint density at radius 1 is 1.46 bits per heavy atom. The molecule has 1 aromatic heterocycles. The molecule has 0 radical (unpaired) electrons. The van der Waals surface area contributed by atoms with Crippen molar-refractivity contribution >= 4 is 22.6 Å². The van der Waals surface area contributed by atoms with Crippen molar-refractivity contribution in [2.75, 3.05) is 0 Å². The van der Waals surface area contributed by atoms with Gasteiger partial charge in [-0.15, -0.1) is 0 Å². The van der Waals surface area contributed by atoms with E-state index in [1.165, 1.54) is 0 Å². The van der Waals surface area contributed by atoms with Crippen LogP contribution >= 0.6 is 11.6 Å². The maximum Gasteiger partial charge on any atom is 0.135 e. The van der Waals surface area contributed by atoms with E-state index < -0.39 is 0 Å². The third-order valence-corrected chi connectivity index (χ3v) is 2.17. The molecule has 0 N–H and O–H groups in total. The fraction of sp³-hybridized carbons (Fsp3) is 0.100. The summed E-state index contributed by atoms with van der Waals surface area (Å²) in [6.07, 6.45) is 0. The molecular weight excluding hydrogens is 186 g/mol. The summed E-state index contributed by atoms with van der Waals surface area (Å²) >= 11 is 5.81. The highest BCUT2D eigenvalue weighted by molar-refractivity contribution is 6.31. The third kappa shape index (κ3) is 1.18. The Hall–Kier alpha value is -1.46. The van der Waals surface area contributed by atoms with Crippen molar-refractivity contribution in [1.82, 2.24) is 0 Å². The average Bonchev–Trinajstić information content (AvgIpc) is 2.40. The quantitative estimate of drug-likeness (QED) is 0.641. The number of hydrogen-bond donors (Lipinski definition) is 0. The van der Waals surface area contributed by atoms with Crippen LogP contribution in [0.25, 0.3) is 11.0 Å². The molecule has 3 heteroatoms. The molecule has 13 heavy (non-hydrogen) atoms. The summed E-state index contributed by atoms with van der Waals surface area (Å²) in [5.74, 6) is 0.639. The van der Waals surface area contributed by atoms with Crippen LogP contribution < -0.4 is 0 Å². The van der Waals surface area contributed by atoms with Crippen molar-refractivity contribution in [3.63, 3.8) is 0 Å². The molecular formula is C10H6ClNO. The van der Waals surface area contributed by atoms with Gasteiger partial charge in [0.05, 0.1) is 0 Å². The first-order valence-corrected chi connectivity index (χ1v) is 4.19. The van der Waals surface area contributed by atoms with Gasteiger partial charge in [-0.1, -0.05) is 11.6 Å². The van der Waals surface area contributed by atoms with Crippen LogP contribution in [-0.4, -0.2) is 0 Å². The van der Waals surface area contributed by atoms with Gasteiger partial charge in [-0.25, -0.2) is 0 Å². The second-order valence-corrected chi connectivity index (χ2v) is 3.22. The van der Waals surface area contributed by atoms with Crippen LogP contribution in [-0.2, 0) is 0 Å². The van der Waals surface area contributed by atoms with Crippen molar-refractivity contribution in [3.05, 3.63) is 34.5 Å². The van der Waals surface area contributed by atoms with Gasteiger partial charge in [-0.3, -0.25) is 0 Å². The summed E-state index contributed by atoms with van der Waals surface area (Å²) in [4.78, 5) is 0. The zero-order valence-electron chi connectivity index (χ0n) is 6.97. The van der Waals surface area contributed by atoms with E-state index in [0.717, 1.165) is 5.39 Å². The molecule has 1 aromatic carbocycles. The molecule has 0 fully saturated rings. The maximum atomic E-state index is 8.84. The molecule has 0 amide bonds. The van der Waals surface area contributed by atoms with E-state index in [0.29, 0.717) is 21.9 Å². The lowest BCUT2D eigenvalue weighted by Gasteiger charge is -1.88. The van der Waals surface area contributed by atoms with Crippen molar-refractivity contribution in [2.24, 2.45) is 0 Å². The molecule has 0 spiro atoms. The molecule has 0 atom stereocenters. The minimum Gasteiger partial charge on any atom is -0.460 e. The van der Waals surface area contributed by atoms with Crippen LogP contribution in [0.5, 0.6) is 0 Å². The molecule has 0 saturated carbocycles. The fourth-order valence-electron chi connectivity index (χ4n) is 1.33. The summed E-state index contributed by atoms with van der Waals surface area (Å²) in [6, 6.07) is 7.35. The monoisotopic (exact) mass is 191 g/mol. The number of rotatable bonds is 0. The van der Waals surface area contributed by atoms with Crippen LogP contribution in [0.1, 0.15) is 11.3 Å². The lowest BCUT2D eigenvalue weighted by molar-refractivity contribution is 0.577. The van der Waals surface area contributed by atoms with Gasteiger partial charge in [-0.2, -0.15) is 5.26 Å². The first kappa shape index (κ1) is 8.15. The highest BCUT2D eigenvalue weighted by Crippen LogP contribution is 2.27. The molecule has 0 aliphatic carbocycles. The minimum atomic E-state index is 0.567. The van der Waals surface area contributed by atoms with E-state index in [2.05, 4.69) is 6.07 Å². The van der Waals surface area contributed by atoms with E-state index in [4.69, 9.17) is 21.3 Å². The number of nitriles is 1. The van der Waals surface area contributed by atoms with Crippen molar-refractivity contribution in [2.45, 2.75) is 6.92 Å². The standard InChI is InChI=1S/C10H6ClNO/c1-6-9(5-12)8-4-7(11)2-3-10(8)13-6/h2-4H,1H3. The Morgan fingerprint density at radius 2 is 2.23 bits per heavy atom. The summed E-state index contributed by atoms with van der Waals surface area (Å²) in [5, 5.41) is 10.2. The Bertz CT molecular complexity index is 507. The molecule has 0 unspecified atom stereocenters. The first-order valence-electron chi connectivity index (χ1n) is 3.81. The fourth-order valence-corrected chi connectivity index (χ4v) is 1.50. The van der Waals surface area contributed by atoms with Crippen LogP contribution in [0.2, 0.25) is 5.02 Å². The molecule has 1 heterocycles. The number of fused-ring (bicyclic) bond motifs is 1. The topological polar surface area (TPSA) is 36.9 Å². The second kappa shape index (κ2) is 2.79. The smallest absolute Gasteiger partial charge is 0.135 e. The number of benzene rings is 1. The molecule has 2 nitrogen and oxygen atoms in total. The van der Waals surface area contributed by atoms with Crippen LogP contribution in [0.15, 0.2) is 22.6 Å². The molecule has 2 rings (SSSR count). The van der Waals surface area contributed by atoms with Gasteiger partial charge in [0.1, 0.15) is 23.0 Å². The van der Waals surface area contributed by atoms with Crippen LogP contribution in [0.3, 0.4) is 0 Å². The zero-order valence-corrected chi connectivity index (χ0v) is 7.72. The number of hydrogen-bond acceptors (Lipinski definition) is 2. The lowest BCUT2D eigenvalue weighted by Crippen LogP contribution is -1.72. The van der Waals surface area contributed by atoms with E-state index in [1.54, 1.807) is 25.1 Å². The summed E-state index contributed by atoms with van der Waals surface area (Å²) in [6.45, 7) is 1.77. The number of nitrogens with zero attached hydrogens (tertiary/aromatic N) is 1. The second-order valence-electron chi connectivity index (χ2n) is 2.79. The summed E-state index contributed by atoms with van der Waals surface area (Å²) in [7, 11) is 0.